The van der Waals surface area contributed by atoms with Crippen LogP contribution in [0.5, 0.6) is 0 Å². The molecule has 0 radical (unpaired) electrons. The second kappa shape index (κ2) is 7.67. The first-order valence-electron chi connectivity index (χ1n) is 7.52. The van der Waals surface area contributed by atoms with Crippen molar-refractivity contribution in [2.75, 3.05) is 5.43 Å². The lowest BCUT2D eigenvalue weighted by molar-refractivity contribution is -0.384. The first-order chi connectivity index (χ1) is 12.9. The Morgan fingerprint density at radius 2 is 1.74 bits per heavy atom. The Morgan fingerprint density at radius 3 is 2.41 bits per heavy atom. The van der Waals surface area contributed by atoms with Crippen LogP contribution >= 0.6 is 11.6 Å². The smallest absolute Gasteiger partial charge is 0.281 e. The van der Waals surface area contributed by atoms with Gasteiger partial charge in [0, 0.05) is 23.2 Å². The summed E-state index contributed by atoms with van der Waals surface area (Å²) in [5.41, 5.74) is 3.37. The predicted molar refractivity (Wildman–Crippen MR) is 100 cm³/mol. The minimum Gasteiger partial charge on any atom is -0.455 e. The molecule has 10 heteroatoms. The number of nitrogens with zero attached hydrogens (tertiary/aromatic N) is 3. The van der Waals surface area contributed by atoms with Gasteiger partial charge in [0.05, 0.1) is 27.3 Å². The summed E-state index contributed by atoms with van der Waals surface area (Å²) in [7, 11) is 0. The molecule has 1 N–H and O–H groups in total. The summed E-state index contributed by atoms with van der Waals surface area (Å²) < 4.78 is 5.56. The number of nitro groups is 2. The first-order valence-corrected chi connectivity index (χ1v) is 7.89. The maximum atomic E-state index is 11.2. The molecular weight excluding hydrogens is 376 g/mol. The highest BCUT2D eigenvalue weighted by atomic mass is 35.5. The molecule has 0 bridgehead atoms. The Labute approximate surface area is 157 Å². The number of nitrogens with one attached hydrogen (secondary N) is 1. The van der Waals surface area contributed by atoms with E-state index in [-0.39, 0.29) is 16.4 Å². The van der Waals surface area contributed by atoms with Crippen LogP contribution in [0.25, 0.3) is 11.3 Å². The molecule has 3 aromatic rings. The molecule has 136 valence electrons. The molecule has 27 heavy (non-hydrogen) atoms. The zero-order valence-electron chi connectivity index (χ0n) is 13.5. The zero-order chi connectivity index (χ0) is 19.4. The third-order valence-electron chi connectivity index (χ3n) is 3.51. The lowest BCUT2D eigenvalue weighted by Crippen LogP contribution is -1.92. The predicted octanol–water partition coefficient (Wildman–Crippen LogP) is 4.86. The standard InChI is InChI=1S/C17H11ClN4O5/c18-11-1-7-15(16(9-11)22(25)26)17-8-6-14(27-17)10-19-20-12-2-4-13(5-3-12)21(23)24/h1-10,20H/b19-10+. The molecule has 0 unspecified atom stereocenters. The highest BCUT2D eigenvalue weighted by molar-refractivity contribution is 6.30. The van der Waals surface area contributed by atoms with Crippen molar-refractivity contribution in [3.05, 3.63) is 85.6 Å². The normalized spacial score (nSPS) is 10.9. The average Bonchev–Trinajstić information content (AvgIpc) is 3.10. The van der Waals surface area contributed by atoms with Crippen LogP contribution in [0, 0.1) is 20.2 Å². The summed E-state index contributed by atoms with van der Waals surface area (Å²) in [6.07, 6.45) is 1.38. The monoisotopic (exact) mass is 386 g/mol. The molecule has 1 heterocycles. The minimum absolute atomic E-state index is 0.0234. The molecular formula is C17H11ClN4O5. The van der Waals surface area contributed by atoms with Crippen molar-refractivity contribution < 1.29 is 14.3 Å². The topological polar surface area (TPSA) is 124 Å². The van der Waals surface area contributed by atoms with Gasteiger partial charge in [0.1, 0.15) is 11.5 Å². The van der Waals surface area contributed by atoms with Crippen LogP contribution in [-0.2, 0) is 0 Å². The Bertz CT molecular complexity index is 1030. The number of halogens is 1. The molecule has 0 atom stereocenters. The summed E-state index contributed by atoms with van der Waals surface area (Å²) in [5.74, 6) is 0.666. The van der Waals surface area contributed by atoms with E-state index in [1.807, 2.05) is 0 Å². The molecule has 0 spiro atoms. The van der Waals surface area contributed by atoms with E-state index >= 15 is 0 Å². The third-order valence-corrected chi connectivity index (χ3v) is 3.75. The van der Waals surface area contributed by atoms with Crippen LogP contribution in [0.1, 0.15) is 5.76 Å². The van der Waals surface area contributed by atoms with Crippen LogP contribution in [0.15, 0.2) is 64.1 Å². The van der Waals surface area contributed by atoms with Gasteiger partial charge >= 0.3 is 0 Å². The van der Waals surface area contributed by atoms with E-state index in [0.29, 0.717) is 22.8 Å². The molecule has 3 rings (SSSR count). The zero-order valence-corrected chi connectivity index (χ0v) is 14.3. The van der Waals surface area contributed by atoms with E-state index in [0.717, 1.165) is 0 Å². The molecule has 0 amide bonds. The fourth-order valence-corrected chi connectivity index (χ4v) is 2.43. The van der Waals surface area contributed by atoms with Crippen molar-refractivity contribution in [2.45, 2.75) is 0 Å². The number of benzene rings is 2. The van der Waals surface area contributed by atoms with Crippen LogP contribution in [-0.4, -0.2) is 16.1 Å². The van der Waals surface area contributed by atoms with Crippen LogP contribution in [0.2, 0.25) is 5.02 Å². The SMILES string of the molecule is O=[N+]([O-])c1ccc(N/N=C/c2ccc(-c3ccc(Cl)cc3[N+](=O)[O-])o2)cc1. The largest absolute Gasteiger partial charge is 0.455 e. The summed E-state index contributed by atoms with van der Waals surface area (Å²) in [5, 5.41) is 26.0. The molecule has 0 aliphatic rings. The average molecular weight is 387 g/mol. The van der Waals surface area contributed by atoms with Crippen molar-refractivity contribution >= 4 is 34.9 Å². The number of nitro benzene ring substituents is 2. The van der Waals surface area contributed by atoms with E-state index in [2.05, 4.69) is 10.5 Å². The Kier molecular flexibility index (Phi) is 5.13. The van der Waals surface area contributed by atoms with Gasteiger partial charge in [0.25, 0.3) is 11.4 Å². The second-order valence-corrected chi connectivity index (χ2v) is 5.73. The van der Waals surface area contributed by atoms with Gasteiger partial charge in [-0.1, -0.05) is 11.6 Å². The molecule has 9 nitrogen and oxygen atoms in total. The fourth-order valence-electron chi connectivity index (χ4n) is 2.26. The van der Waals surface area contributed by atoms with Crippen LogP contribution in [0.4, 0.5) is 17.1 Å². The number of non-ortho nitro benzene ring substituents is 1. The molecule has 2 aromatic carbocycles. The van der Waals surface area contributed by atoms with E-state index in [4.69, 9.17) is 16.0 Å². The third kappa shape index (κ3) is 4.28. The molecule has 0 fully saturated rings. The molecule has 0 aliphatic heterocycles. The van der Waals surface area contributed by atoms with E-state index in [9.17, 15) is 20.2 Å². The van der Waals surface area contributed by atoms with Crippen LogP contribution < -0.4 is 5.43 Å². The lowest BCUT2D eigenvalue weighted by Gasteiger charge is -2.00. The number of hydrazone groups is 1. The van der Waals surface area contributed by atoms with Crippen molar-refractivity contribution in [3.63, 3.8) is 0 Å². The highest BCUT2D eigenvalue weighted by Gasteiger charge is 2.18. The number of hydrogen-bond donors (Lipinski definition) is 1. The minimum atomic E-state index is -0.534. The fraction of sp³-hybridized carbons (Fsp3) is 0. The van der Waals surface area contributed by atoms with Crippen molar-refractivity contribution in [1.29, 1.82) is 0 Å². The van der Waals surface area contributed by atoms with Gasteiger partial charge in [-0.25, -0.2) is 0 Å². The summed E-state index contributed by atoms with van der Waals surface area (Å²) in [6, 6.07) is 13.2. The summed E-state index contributed by atoms with van der Waals surface area (Å²) in [4.78, 5) is 20.8. The molecule has 0 aliphatic carbocycles. The number of rotatable bonds is 6. The van der Waals surface area contributed by atoms with Gasteiger partial charge in [-0.15, -0.1) is 0 Å². The maximum Gasteiger partial charge on any atom is 0.281 e. The van der Waals surface area contributed by atoms with E-state index in [1.165, 1.54) is 48.7 Å². The van der Waals surface area contributed by atoms with Gasteiger partial charge in [-0.05, 0) is 36.4 Å². The number of hydrogen-bond acceptors (Lipinski definition) is 7. The van der Waals surface area contributed by atoms with Crippen LogP contribution in [0.3, 0.4) is 0 Å². The molecule has 1 aromatic heterocycles. The van der Waals surface area contributed by atoms with Gasteiger partial charge < -0.3 is 4.42 Å². The van der Waals surface area contributed by atoms with Crippen molar-refractivity contribution in [3.8, 4) is 11.3 Å². The van der Waals surface area contributed by atoms with E-state index in [1.54, 1.807) is 12.1 Å². The van der Waals surface area contributed by atoms with Crippen molar-refractivity contribution in [2.24, 2.45) is 5.10 Å². The van der Waals surface area contributed by atoms with Gasteiger partial charge in [-0.3, -0.25) is 25.7 Å². The Morgan fingerprint density at radius 1 is 1.00 bits per heavy atom. The first kappa shape index (κ1) is 18.1. The highest BCUT2D eigenvalue weighted by Crippen LogP contribution is 2.33. The summed E-state index contributed by atoms with van der Waals surface area (Å²) >= 11 is 5.81. The number of anilines is 1. The molecule has 0 saturated carbocycles. The van der Waals surface area contributed by atoms with Gasteiger partial charge in [0.15, 0.2) is 0 Å². The molecule has 0 saturated heterocycles. The quantitative estimate of drug-likeness (QED) is 0.366. The Hall–Kier alpha value is -3.72. The van der Waals surface area contributed by atoms with E-state index < -0.39 is 9.85 Å². The van der Waals surface area contributed by atoms with Gasteiger partial charge in [-0.2, -0.15) is 5.10 Å². The maximum absolute atomic E-state index is 11.2. The van der Waals surface area contributed by atoms with Crippen molar-refractivity contribution in [1.82, 2.24) is 0 Å². The number of furan rings is 1. The Balaban J connectivity index is 1.74. The lowest BCUT2D eigenvalue weighted by atomic mass is 10.1. The summed E-state index contributed by atoms with van der Waals surface area (Å²) in [6.45, 7) is 0. The second-order valence-electron chi connectivity index (χ2n) is 5.29. The van der Waals surface area contributed by atoms with Gasteiger partial charge in [0.2, 0.25) is 0 Å².